The van der Waals surface area contributed by atoms with Crippen LogP contribution < -0.4 is 10.5 Å². The number of hydrogen-bond donors (Lipinski definition) is 3. The highest BCUT2D eigenvalue weighted by atomic mass is 35.5. The molecular weight excluding hydrogens is 276 g/mol. The summed E-state index contributed by atoms with van der Waals surface area (Å²) in [7, 11) is -3.70. The highest BCUT2D eigenvalue weighted by Gasteiger charge is 2.20. The van der Waals surface area contributed by atoms with Crippen molar-refractivity contribution in [2.75, 3.05) is 12.3 Å². The minimum Gasteiger partial charge on any atom is -0.397 e. The summed E-state index contributed by atoms with van der Waals surface area (Å²) >= 11 is 5.87. The lowest BCUT2D eigenvalue weighted by Gasteiger charge is -2.18. The van der Waals surface area contributed by atoms with E-state index in [9.17, 15) is 13.5 Å². The molecule has 0 atom stereocenters. The Morgan fingerprint density at radius 3 is 2.44 bits per heavy atom. The van der Waals surface area contributed by atoms with Gasteiger partial charge in [0, 0.05) is 6.54 Å². The van der Waals surface area contributed by atoms with Gasteiger partial charge >= 0.3 is 0 Å². The lowest BCUT2D eigenvalue weighted by Crippen LogP contribution is -2.38. The van der Waals surface area contributed by atoms with E-state index in [-0.39, 0.29) is 17.1 Å². The van der Waals surface area contributed by atoms with Crippen LogP contribution in [0.3, 0.4) is 0 Å². The summed E-state index contributed by atoms with van der Waals surface area (Å²) in [6.07, 6.45) is 0. The van der Waals surface area contributed by atoms with E-state index in [1.807, 2.05) is 0 Å². The molecule has 1 aromatic carbocycles. The van der Waals surface area contributed by atoms with Crippen molar-refractivity contribution in [1.29, 1.82) is 0 Å². The van der Waals surface area contributed by atoms with Gasteiger partial charge in [-0.2, -0.15) is 0 Å². The van der Waals surface area contributed by atoms with Gasteiger partial charge in [0.2, 0.25) is 10.0 Å². The predicted octanol–water partition coefficient (Wildman–Crippen LogP) is 1.28. The third-order valence-corrected chi connectivity index (χ3v) is 4.16. The molecule has 4 N–H and O–H groups in total. The number of aryl methyl sites for hydroxylation is 1. The van der Waals surface area contributed by atoms with Gasteiger partial charge in [0.25, 0.3) is 0 Å². The van der Waals surface area contributed by atoms with Gasteiger partial charge in [-0.05, 0) is 38.5 Å². The van der Waals surface area contributed by atoms with Crippen LogP contribution in [-0.2, 0) is 10.0 Å². The summed E-state index contributed by atoms with van der Waals surface area (Å²) in [5.74, 6) is 0. The topological polar surface area (TPSA) is 92.4 Å². The largest absolute Gasteiger partial charge is 0.397 e. The van der Waals surface area contributed by atoms with Crippen molar-refractivity contribution in [1.82, 2.24) is 4.72 Å². The molecule has 0 aliphatic heterocycles. The van der Waals surface area contributed by atoms with Crippen LogP contribution in [0.5, 0.6) is 0 Å². The van der Waals surface area contributed by atoms with Gasteiger partial charge in [0.1, 0.15) is 0 Å². The summed E-state index contributed by atoms with van der Waals surface area (Å²) in [5, 5.41) is 9.85. The molecule has 102 valence electrons. The van der Waals surface area contributed by atoms with Gasteiger partial charge in [0.05, 0.1) is 21.2 Å². The second-order valence-corrected chi connectivity index (χ2v) is 6.93. The highest BCUT2D eigenvalue weighted by Crippen LogP contribution is 2.26. The monoisotopic (exact) mass is 292 g/mol. The van der Waals surface area contributed by atoms with Gasteiger partial charge in [-0.25, -0.2) is 13.1 Å². The first-order valence-electron chi connectivity index (χ1n) is 5.30. The number of rotatable bonds is 4. The van der Waals surface area contributed by atoms with E-state index in [0.29, 0.717) is 10.6 Å². The van der Waals surface area contributed by atoms with Gasteiger partial charge in [-0.15, -0.1) is 0 Å². The molecule has 0 aliphatic carbocycles. The fourth-order valence-electron chi connectivity index (χ4n) is 1.27. The average Bonchev–Trinajstić information content (AvgIpc) is 2.21. The van der Waals surface area contributed by atoms with Gasteiger partial charge in [0.15, 0.2) is 0 Å². The Kier molecular flexibility index (Phi) is 4.27. The third kappa shape index (κ3) is 3.84. The Bertz CT molecular complexity index is 527. The zero-order valence-corrected chi connectivity index (χ0v) is 12.1. The van der Waals surface area contributed by atoms with Gasteiger partial charge < -0.3 is 10.8 Å². The van der Waals surface area contributed by atoms with Crippen LogP contribution in [0.1, 0.15) is 19.4 Å². The maximum Gasteiger partial charge on any atom is 0.240 e. The fraction of sp³-hybridized carbons (Fsp3) is 0.455. The summed E-state index contributed by atoms with van der Waals surface area (Å²) in [6, 6.07) is 2.73. The molecule has 0 heterocycles. The van der Waals surface area contributed by atoms with Crippen molar-refractivity contribution in [3.05, 3.63) is 22.7 Å². The fourth-order valence-corrected chi connectivity index (χ4v) is 2.71. The quantitative estimate of drug-likeness (QED) is 0.729. The number of nitrogen functional groups attached to an aromatic ring is 1. The molecule has 0 aromatic heterocycles. The van der Waals surface area contributed by atoms with Crippen molar-refractivity contribution in [2.45, 2.75) is 31.3 Å². The van der Waals surface area contributed by atoms with Crippen LogP contribution in [-0.4, -0.2) is 25.7 Å². The molecule has 1 aromatic rings. The smallest absolute Gasteiger partial charge is 0.240 e. The molecule has 7 heteroatoms. The van der Waals surface area contributed by atoms with E-state index in [2.05, 4.69) is 4.72 Å². The molecule has 0 bridgehead atoms. The lowest BCUT2D eigenvalue weighted by molar-refractivity contribution is 0.0857. The zero-order chi connectivity index (χ0) is 14.1. The van der Waals surface area contributed by atoms with Crippen molar-refractivity contribution in [3.8, 4) is 0 Å². The van der Waals surface area contributed by atoms with E-state index in [1.165, 1.54) is 26.0 Å². The van der Waals surface area contributed by atoms with E-state index in [0.717, 1.165) is 0 Å². The van der Waals surface area contributed by atoms with E-state index in [1.54, 1.807) is 6.92 Å². The second-order valence-electron chi connectivity index (χ2n) is 4.78. The maximum absolute atomic E-state index is 12.0. The number of aliphatic hydroxyl groups is 1. The Hall–Kier alpha value is -0.820. The number of hydrogen-bond acceptors (Lipinski definition) is 4. The third-order valence-electron chi connectivity index (χ3n) is 2.26. The minimum absolute atomic E-state index is 0.0335. The first-order valence-corrected chi connectivity index (χ1v) is 7.17. The van der Waals surface area contributed by atoms with Crippen molar-refractivity contribution in [3.63, 3.8) is 0 Å². The molecule has 0 spiro atoms. The standard InChI is InChI=1S/C11H17ClN2O3S/c1-7-4-8(5-9(13)10(7)12)18(16,17)14-6-11(2,3)15/h4-5,14-15H,6,13H2,1-3H3. The van der Waals surface area contributed by atoms with E-state index in [4.69, 9.17) is 17.3 Å². The molecular formula is C11H17ClN2O3S. The second kappa shape index (κ2) is 5.05. The van der Waals surface area contributed by atoms with Crippen LogP contribution >= 0.6 is 11.6 Å². The minimum atomic E-state index is -3.70. The number of benzene rings is 1. The first-order chi connectivity index (χ1) is 8.03. The van der Waals surface area contributed by atoms with Crippen LogP contribution in [0.15, 0.2) is 17.0 Å². The predicted molar refractivity (Wildman–Crippen MR) is 72.1 cm³/mol. The summed E-state index contributed by atoms with van der Waals surface area (Å²) < 4.78 is 26.3. The van der Waals surface area contributed by atoms with Gasteiger partial charge in [-0.1, -0.05) is 11.6 Å². The Balaban J connectivity index is 3.07. The molecule has 0 saturated carbocycles. The molecule has 5 nitrogen and oxygen atoms in total. The van der Waals surface area contributed by atoms with Crippen LogP contribution in [0.2, 0.25) is 5.02 Å². The van der Waals surface area contributed by atoms with Crippen molar-refractivity contribution < 1.29 is 13.5 Å². The molecule has 0 fully saturated rings. The van der Waals surface area contributed by atoms with Crippen LogP contribution in [0.4, 0.5) is 5.69 Å². The van der Waals surface area contributed by atoms with E-state index < -0.39 is 15.6 Å². The molecule has 0 radical (unpaired) electrons. The summed E-state index contributed by atoms with van der Waals surface area (Å²) in [6.45, 7) is 4.61. The molecule has 0 amide bonds. The van der Waals surface area contributed by atoms with Crippen LogP contribution in [0, 0.1) is 6.92 Å². The number of anilines is 1. The average molecular weight is 293 g/mol. The lowest BCUT2D eigenvalue weighted by atomic mass is 10.1. The molecule has 1 rings (SSSR count). The zero-order valence-electron chi connectivity index (χ0n) is 10.5. The number of nitrogens with one attached hydrogen (secondary N) is 1. The van der Waals surface area contributed by atoms with Crippen LogP contribution in [0.25, 0.3) is 0 Å². The maximum atomic E-state index is 12.0. The molecule has 0 aliphatic rings. The highest BCUT2D eigenvalue weighted by molar-refractivity contribution is 7.89. The Morgan fingerprint density at radius 2 is 2.00 bits per heavy atom. The number of nitrogens with two attached hydrogens (primary N) is 1. The van der Waals surface area contributed by atoms with Crippen molar-refractivity contribution in [2.24, 2.45) is 0 Å². The molecule has 0 saturated heterocycles. The van der Waals surface area contributed by atoms with Gasteiger partial charge in [-0.3, -0.25) is 0 Å². The Labute approximate surface area is 112 Å². The number of halogens is 1. The van der Waals surface area contributed by atoms with E-state index >= 15 is 0 Å². The summed E-state index contributed by atoms with van der Waals surface area (Å²) in [5.41, 5.74) is 5.29. The molecule has 18 heavy (non-hydrogen) atoms. The first kappa shape index (κ1) is 15.2. The SMILES string of the molecule is Cc1cc(S(=O)(=O)NCC(C)(C)O)cc(N)c1Cl. The number of sulfonamides is 1. The molecule has 0 unspecified atom stereocenters. The Morgan fingerprint density at radius 1 is 1.44 bits per heavy atom. The normalized spacial score (nSPS) is 12.7. The van der Waals surface area contributed by atoms with Crippen molar-refractivity contribution >= 4 is 27.3 Å². The summed E-state index contributed by atoms with van der Waals surface area (Å²) in [4.78, 5) is 0.0335.